The first-order chi connectivity index (χ1) is 13.8. The van der Waals surface area contributed by atoms with Gasteiger partial charge in [-0.15, -0.1) is 0 Å². The fourth-order valence-electron chi connectivity index (χ4n) is 4.76. The number of hydrogen-bond acceptors (Lipinski definition) is 5. The number of hydrogen-bond donors (Lipinski definition) is 0. The maximum absolute atomic E-state index is 13.4. The molecule has 0 aliphatic carbocycles. The van der Waals surface area contributed by atoms with E-state index in [4.69, 9.17) is 4.74 Å². The number of piperidine rings is 1. The van der Waals surface area contributed by atoms with Crippen molar-refractivity contribution in [1.29, 1.82) is 0 Å². The van der Waals surface area contributed by atoms with Crippen LogP contribution < -0.4 is 4.90 Å². The first kappa shape index (κ1) is 19.6. The largest absolute Gasteiger partial charge is 0.378 e. The Bertz CT molecular complexity index is 639. The van der Waals surface area contributed by atoms with Crippen molar-refractivity contribution in [2.24, 2.45) is 0 Å². The Morgan fingerprint density at radius 1 is 1.00 bits per heavy atom. The lowest BCUT2D eigenvalue weighted by molar-refractivity contribution is 0.0547. The quantitative estimate of drug-likeness (QED) is 0.796. The van der Waals surface area contributed by atoms with Crippen LogP contribution in [0.4, 0.5) is 5.82 Å². The minimum Gasteiger partial charge on any atom is -0.378 e. The number of ether oxygens (including phenoxy) is 1. The van der Waals surface area contributed by atoms with E-state index in [0.29, 0.717) is 6.04 Å². The van der Waals surface area contributed by atoms with E-state index in [1.54, 1.807) is 6.20 Å². The minimum atomic E-state index is 0.177. The highest BCUT2D eigenvalue weighted by Gasteiger charge is 2.29. The second kappa shape index (κ2) is 9.70. The van der Waals surface area contributed by atoms with E-state index in [9.17, 15) is 4.79 Å². The number of aromatic nitrogens is 1. The summed E-state index contributed by atoms with van der Waals surface area (Å²) >= 11 is 0. The average molecular weight is 387 g/mol. The van der Waals surface area contributed by atoms with Gasteiger partial charge >= 0.3 is 0 Å². The van der Waals surface area contributed by atoms with Gasteiger partial charge in [0.2, 0.25) is 0 Å². The monoisotopic (exact) mass is 386 g/mol. The third kappa shape index (κ3) is 4.84. The third-order valence-corrected chi connectivity index (χ3v) is 6.38. The second-order valence-corrected chi connectivity index (χ2v) is 8.37. The Labute approximate surface area is 168 Å². The SMILES string of the molecule is O=C(c1ccnc(N2CCOCC2)c1)N1CCCC[C@@H]1CN1CCCCCC1. The Hall–Kier alpha value is -1.66. The Kier molecular flexibility index (Phi) is 6.81. The van der Waals surface area contributed by atoms with Crippen molar-refractivity contribution >= 4 is 11.7 Å². The first-order valence-corrected chi connectivity index (χ1v) is 11.1. The molecule has 3 aliphatic heterocycles. The molecule has 0 N–H and O–H groups in total. The predicted octanol–water partition coefficient (Wildman–Crippen LogP) is 2.79. The van der Waals surface area contributed by atoms with E-state index < -0.39 is 0 Å². The second-order valence-electron chi connectivity index (χ2n) is 8.37. The molecule has 1 aromatic rings. The number of rotatable bonds is 4. The van der Waals surface area contributed by atoms with Crippen LogP contribution in [0.25, 0.3) is 0 Å². The normalized spacial score (nSPS) is 24.8. The van der Waals surface area contributed by atoms with Gasteiger partial charge in [-0.1, -0.05) is 12.8 Å². The molecule has 4 heterocycles. The van der Waals surface area contributed by atoms with Gasteiger partial charge in [-0.05, 0) is 57.3 Å². The van der Waals surface area contributed by atoms with Crippen molar-refractivity contribution in [3.8, 4) is 0 Å². The van der Waals surface area contributed by atoms with E-state index in [1.807, 2.05) is 12.1 Å². The highest BCUT2D eigenvalue weighted by Crippen LogP contribution is 2.23. The van der Waals surface area contributed by atoms with Crippen LogP contribution in [0.2, 0.25) is 0 Å². The Morgan fingerprint density at radius 2 is 1.75 bits per heavy atom. The Balaban J connectivity index is 1.45. The molecule has 0 radical (unpaired) electrons. The number of anilines is 1. The van der Waals surface area contributed by atoms with Crippen LogP contribution in [0.1, 0.15) is 55.3 Å². The number of likely N-dealkylation sites (tertiary alicyclic amines) is 2. The van der Waals surface area contributed by atoms with Gasteiger partial charge in [0.05, 0.1) is 13.2 Å². The van der Waals surface area contributed by atoms with Crippen LogP contribution in [0.5, 0.6) is 0 Å². The van der Waals surface area contributed by atoms with Gasteiger partial charge in [-0.2, -0.15) is 0 Å². The molecule has 154 valence electrons. The molecule has 0 unspecified atom stereocenters. The molecule has 0 spiro atoms. The van der Waals surface area contributed by atoms with Crippen LogP contribution in [-0.4, -0.2) is 79.2 Å². The van der Waals surface area contributed by atoms with Crippen LogP contribution in [0, 0.1) is 0 Å². The molecule has 0 bridgehead atoms. The minimum absolute atomic E-state index is 0.177. The third-order valence-electron chi connectivity index (χ3n) is 6.38. The van der Waals surface area contributed by atoms with Gasteiger partial charge in [-0.25, -0.2) is 4.98 Å². The topological polar surface area (TPSA) is 48.9 Å². The molecule has 1 aromatic heterocycles. The van der Waals surface area contributed by atoms with Gasteiger partial charge in [0.15, 0.2) is 0 Å². The lowest BCUT2D eigenvalue weighted by Crippen LogP contribution is -2.49. The van der Waals surface area contributed by atoms with Gasteiger partial charge in [0.1, 0.15) is 5.82 Å². The van der Waals surface area contributed by atoms with Crippen LogP contribution in [0.3, 0.4) is 0 Å². The summed E-state index contributed by atoms with van der Waals surface area (Å²) in [7, 11) is 0. The number of carbonyl (C=O) groups excluding carboxylic acids is 1. The van der Waals surface area contributed by atoms with Crippen molar-refractivity contribution in [2.45, 2.75) is 51.0 Å². The molecule has 1 amide bonds. The van der Waals surface area contributed by atoms with E-state index >= 15 is 0 Å². The van der Waals surface area contributed by atoms with Crippen LogP contribution >= 0.6 is 0 Å². The zero-order valence-corrected chi connectivity index (χ0v) is 17.0. The highest BCUT2D eigenvalue weighted by molar-refractivity contribution is 5.95. The van der Waals surface area contributed by atoms with Crippen molar-refractivity contribution in [3.05, 3.63) is 23.9 Å². The average Bonchev–Trinajstić information content (AvgIpc) is 3.03. The summed E-state index contributed by atoms with van der Waals surface area (Å²) in [5.74, 6) is 1.08. The molecule has 1 atom stereocenters. The smallest absolute Gasteiger partial charge is 0.254 e. The summed E-state index contributed by atoms with van der Waals surface area (Å²) in [5.41, 5.74) is 0.777. The summed E-state index contributed by atoms with van der Waals surface area (Å²) in [6, 6.07) is 4.20. The number of nitrogens with zero attached hydrogens (tertiary/aromatic N) is 4. The maximum Gasteiger partial charge on any atom is 0.254 e. The van der Waals surface area contributed by atoms with Gasteiger partial charge < -0.3 is 19.4 Å². The zero-order chi connectivity index (χ0) is 19.2. The molecule has 28 heavy (non-hydrogen) atoms. The van der Waals surface area contributed by atoms with Gasteiger partial charge in [-0.3, -0.25) is 4.79 Å². The fraction of sp³-hybridized carbons (Fsp3) is 0.727. The van der Waals surface area contributed by atoms with Crippen molar-refractivity contribution < 1.29 is 9.53 Å². The maximum atomic E-state index is 13.4. The molecule has 4 rings (SSSR count). The Morgan fingerprint density at radius 3 is 2.54 bits per heavy atom. The van der Waals surface area contributed by atoms with Crippen LogP contribution in [0.15, 0.2) is 18.3 Å². The molecule has 6 heteroatoms. The summed E-state index contributed by atoms with van der Waals surface area (Å²) < 4.78 is 5.44. The predicted molar refractivity (Wildman–Crippen MR) is 111 cm³/mol. The molecule has 3 saturated heterocycles. The summed E-state index contributed by atoms with van der Waals surface area (Å²) in [6.45, 7) is 7.43. The van der Waals surface area contributed by atoms with E-state index in [2.05, 4.69) is 19.7 Å². The van der Waals surface area contributed by atoms with Crippen molar-refractivity contribution in [3.63, 3.8) is 0 Å². The summed E-state index contributed by atoms with van der Waals surface area (Å²) in [5, 5.41) is 0. The lowest BCUT2D eigenvalue weighted by atomic mass is 10.00. The summed E-state index contributed by atoms with van der Waals surface area (Å²) in [4.78, 5) is 24.8. The fourth-order valence-corrected chi connectivity index (χ4v) is 4.76. The van der Waals surface area contributed by atoms with Crippen LogP contribution in [-0.2, 0) is 4.74 Å². The molecule has 3 aliphatic rings. The number of pyridine rings is 1. The number of amides is 1. The molecule has 0 aromatic carbocycles. The lowest BCUT2D eigenvalue weighted by Gasteiger charge is -2.39. The van der Waals surface area contributed by atoms with Gasteiger partial charge in [0.25, 0.3) is 5.91 Å². The first-order valence-electron chi connectivity index (χ1n) is 11.1. The van der Waals surface area contributed by atoms with E-state index in [-0.39, 0.29) is 5.91 Å². The standard InChI is InChI=1S/C22H34N4O2/c27-22(19-8-9-23-21(17-19)25-13-15-28-16-14-25)26-12-6-3-7-20(26)18-24-10-4-1-2-5-11-24/h8-9,17,20H,1-7,10-16,18H2/t20-/m1/s1. The van der Waals surface area contributed by atoms with E-state index in [1.165, 1.54) is 45.2 Å². The molecular weight excluding hydrogens is 352 g/mol. The number of carbonyl (C=O) groups is 1. The number of morpholine rings is 1. The molecular formula is C22H34N4O2. The van der Waals surface area contributed by atoms with Crippen molar-refractivity contribution in [1.82, 2.24) is 14.8 Å². The molecule has 0 saturated carbocycles. The van der Waals surface area contributed by atoms with E-state index in [0.717, 1.165) is 63.6 Å². The molecule has 6 nitrogen and oxygen atoms in total. The van der Waals surface area contributed by atoms with Gasteiger partial charge in [0, 0.05) is 44.0 Å². The zero-order valence-electron chi connectivity index (χ0n) is 17.0. The molecule has 3 fully saturated rings. The van der Waals surface area contributed by atoms with Crippen molar-refractivity contribution in [2.75, 3.05) is 57.4 Å². The highest BCUT2D eigenvalue weighted by atomic mass is 16.5. The summed E-state index contributed by atoms with van der Waals surface area (Å²) in [6.07, 6.45) is 10.6.